The number of carbonyl (C=O) groups is 1. The summed E-state index contributed by atoms with van der Waals surface area (Å²) < 4.78 is 10.7. The number of anilines is 2. The van der Waals surface area contributed by atoms with Crippen LogP contribution in [-0.4, -0.2) is 43.2 Å². The Bertz CT molecular complexity index is 1260. The molecule has 1 amide bonds. The van der Waals surface area contributed by atoms with Gasteiger partial charge in [-0.1, -0.05) is 12.1 Å². The second-order valence-corrected chi connectivity index (χ2v) is 7.53. The molecule has 0 aliphatic carbocycles. The van der Waals surface area contributed by atoms with Gasteiger partial charge < -0.3 is 24.7 Å². The Balaban J connectivity index is 1.76. The first-order valence-electron chi connectivity index (χ1n) is 10.9. The molecule has 1 heterocycles. The molecule has 33 heavy (non-hydrogen) atoms. The molecule has 4 rings (SSSR count). The molecule has 0 aliphatic heterocycles. The Morgan fingerprint density at radius 1 is 1.00 bits per heavy atom. The number of aromatic amines is 1. The van der Waals surface area contributed by atoms with E-state index in [9.17, 15) is 4.79 Å². The summed E-state index contributed by atoms with van der Waals surface area (Å²) >= 11 is 0. The summed E-state index contributed by atoms with van der Waals surface area (Å²) in [5.74, 6) is 1.98. The SMILES string of the molecule is CCN(CC)c1cc2[nH]c(-c3ccccc3OC)nc2cc1NC(=O)c1ccc(OC)cc1. The number of amides is 1. The lowest BCUT2D eigenvalue weighted by Gasteiger charge is -2.24. The van der Waals surface area contributed by atoms with E-state index in [2.05, 4.69) is 29.0 Å². The fourth-order valence-electron chi connectivity index (χ4n) is 3.88. The van der Waals surface area contributed by atoms with Crippen molar-refractivity contribution >= 4 is 28.3 Å². The number of aromatic nitrogens is 2. The van der Waals surface area contributed by atoms with Crippen LogP contribution in [0.5, 0.6) is 11.5 Å². The first kappa shape index (κ1) is 22.2. The number of H-pyrrole nitrogens is 1. The molecule has 0 radical (unpaired) electrons. The van der Waals surface area contributed by atoms with Crippen LogP contribution in [0.2, 0.25) is 0 Å². The number of ether oxygens (including phenoxy) is 2. The van der Waals surface area contributed by atoms with Crippen LogP contribution in [0.25, 0.3) is 22.4 Å². The number of nitrogens with one attached hydrogen (secondary N) is 2. The third-order valence-electron chi connectivity index (χ3n) is 5.67. The lowest BCUT2D eigenvalue weighted by atomic mass is 10.1. The van der Waals surface area contributed by atoms with E-state index in [1.165, 1.54) is 0 Å². The van der Waals surface area contributed by atoms with Gasteiger partial charge in [-0.2, -0.15) is 0 Å². The monoisotopic (exact) mass is 444 g/mol. The van der Waals surface area contributed by atoms with Gasteiger partial charge in [-0.15, -0.1) is 0 Å². The Morgan fingerprint density at radius 3 is 2.39 bits per heavy atom. The van der Waals surface area contributed by atoms with E-state index < -0.39 is 0 Å². The van der Waals surface area contributed by atoms with E-state index in [1.54, 1.807) is 38.5 Å². The molecule has 2 N–H and O–H groups in total. The number of para-hydroxylation sites is 1. The van der Waals surface area contributed by atoms with Crippen LogP contribution in [-0.2, 0) is 0 Å². The van der Waals surface area contributed by atoms with Gasteiger partial charge in [0.05, 0.1) is 42.2 Å². The van der Waals surface area contributed by atoms with E-state index in [0.29, 0.717) is 22.8 Å². The Kier molecular flexibility index (Phi) is 6.49. The van der Waals surface area contributed by atoms with Crippen LogP contribution in [0.4, 0.5) is 11.4 Å². The van der Waals surface area contributed by atoms with Gasteiger partial charge in [0.2, 0.25) is 0 Å². The zero-order valence-corrected chi connectivity index (χ0v) is 19.3. The average molecular weight is 445 g/mol. The normalized spacial score (nSPS) is 10.8. The van der Waals surface area contributed by atoms with Crippen molar-refractivity contribution in [2.45, 2.75) is 13.8 Å². The van der Waals surface area contributed by atoms with E-state index in [0.717, 1.165) is 41.1 Å². The van der Waals surface area contributed by atoms with Gasteiger partial charge in [0, 0.05) is 18.7 Å². The highest BCUT2D eigenvalue weighted by Gasteiger charge is 2.17. The molecule has 1 aromatic heterocycles. The fraction of sp³-hybridized carbons (Fsp3) is 0.231. The molecular weight excluding hydrogens is 416 g/mol. The van der Waals surface area contributed by atoms with Gasteiger partial charge in [0.15, 0.2) is 0 Å². The summed E-state index contributed by atoms with van der Waals surface area (Å²) in [6, 6.07) is 18.8. The maximum atomic E-state index is 13.0. The van der Waals surface area contributed by atoms with Crippen LogP contribution >= 0.6 is 0 Å². The Morgan fingerprint density at radius 2 is 1.73 bits per heavy atom. The molecule has 0 aliphatic rings. The van der Waals surface area contributed by atoms with Gasteiger partial charge >= 0.3 is 0 Å². The number of rotatable bonds is 8. The average Bonchev–Trinajstić information content (AvgIpc) is 3.27. The zero-order chi connectivity index (χ0) is 23.4. The van der Waals surface area contributed by atoms with Crippen molar-refractivity contribution in [3.63, 3.8) is 0 Å². The van der Waals surface area contributed by atoms with Crippen LogP contribution in [0.3, 0.4) is 0 Å². The quantitative estimate of drug-likeness (QED) is 0.383. The highest BCUT2D eigenvalue weighted by molar-refractivity contribution is 6.07. The third-order valence-corrected chi connectivity index (χ3v) is 5.67. The Labute approximate surface area is 193 Å². The van der Waals surface area contributed by atoms with Crippen molar-refractivity contribution < 1.29 is 14.3 Å². The van der Waals surface area contributed by atoms with Crippen molar-refractivity contribution in [1.82, 2.24) is 9.97 Å². The fourth-order valence-corrected chi connectivity index (χ4v) is 3.88. The maximum absolute atomic E-state index is 13.0. The largest absolute Gasteiger partial charge is 0.497 e. The second-order valence-electron chi connectivity index (χ2n) is 7.53. The van der Waals surface area contributed by atoms with Crippen molar-refractivity contribution in [3.8, 4) is 22.9 Å². The van der Waals surface area contributed by atoms with Gasteiger partial charge in [-0.05, 0) is 62.4 Å². The summed E-state index contributed by atoms with van der Waals surface area (Å²) in [7, 11) is 3.25. The lowest BCUT2D eigenvalue weighted by Crippen LogP contribution is -2.24. The molecule has 0 bridgehead atoms. The summed E-state index contributed by atoms with van der Waals surface area (Å²) in [5.41, 5.74) is 4.73. The molecule has 7 heteroatoms. The number of benzene rings is 3. The van der Waals surface area contributed by atoms with Crippen LogP contribution in [0.1, 0.15) is 24.2 Å². The summed E-state index contributed by atoms with van der Waals surface area (Å²) in [4.78, 5) is 23.4. The molecule has 0 unspecified atom stereocenters. The van der Waals surface area contributed by atoms with Gasteiger partial charge in [-0.25, -0.2) is 4.98 Å². The molecular formula is C26H28N4O3. The molecule has 0 spiro atoms. The third kappa shape index (κ3) is 4.48. The van der Waals surface area contributed by atoms with Gasteiger partial charge in [0.25, 0.3) is 5.91 Å². The molecule has 7 nitrogen and oxygen atoms in total. The number of fused-ring (bicyclic) bond motifs is 1. The Hall–Kier alpha value is -4.00. The van der Waals surface area contributed by atoms with E-state index in [4.69, 9.17) is 14.5 Å². The van der Waals surface area contributed by atoms with Crippen LogP contribution < -0.4 is 19.7 Å². The van der Waals surface area contributed by atoms with Gasteiger partial charge in [0.1, 0.15) is 17.3 Å². The number of hydrogen-bond acceptors (Lipinski definition) is 5. The molecule has 0 fully saturated rings. The van der Waals surface area contributed by atoms with E-state index in [1.807, 2.05) is 36.4 Å². The number of methoxy groups -OCH3 is 2. The summed E-state index contributed by atoms with van der Waals surface area (Å²) in [6.45, 7) is 5.80. The highest BCUT2D eigenvalue weighted by atomic mass is 16.5. The highest BCUT2D eigenvalue weighted by Crippen LogP contribution is 2.34. The molecule has 0 saturated heterocycles. The summed E-state index contributed by atoms with van der Waals surface area (Å²) in [6.07, 6.45) is 0. The molecule has 0 atom stereocenters. The van der Waals surface area contributed by atoms with Crippen LogP contribution in [0.15, 0.2) is 60.7 Å². The summed E-state index contributed by atoms with van der Waals surface area (Å²) in [5, 5.41) is 3.08. The topological polar surface area (TPSA) is 79.5 Å². The molecule has 0 saturated carbocycles. The van der Waals surface area contributed by atoms with Gasteiger partial charge in [-0.3, -0.25) is 4.79 Å². The molecule has 170 valence electrons. The first-order valence-corrected chi connectivity index (χ1v) is 10.9. The van der Waals surface area contributed by atoms with E-state index in [-0.39, 0.29) is 5.91 Å². The minimum atomic E-state index is -0.189. The van der Waals surface area contributed by atoms with Crippen molar-refractivity contribution in [1.29, 1.82) is 0 Å². The minimum absolute atomic E-state index is 0.189. The lowest BCUT2D eigenvalue weighted by molar-refractivity contribution is 0.102. The second kappa shape index (κ2) is 9.65. The number of nitrogens with zero attached hydrogens (tertiary/aromatic N) is 2. The standard InChI is InChI=1S/C26H28N4O3/c1-5-30(6-2)23-16-21-20(27-25(28-21)19-9-7-8-10-24(19)33-4)15-22(23)29-26(31)17-11-13-18(32-3)14-12-17/h7-16H,5-6H2,1-4H3,(H,27,28)(H,29,31). The minimum Gasteiger partial charge on any atom is -0.497 e. The molecule has 4 aromatic rings. The molecule has 3 aromatic carbocycles. The number of imidazole rings is 1. The number of hydrogen-bond donors (Lipinski definition) is 2. The first-order chi connectivity index (χ1) is 16.1. The van der Waals surface area contributed by atoms with Crippen molar-refractivity contribution in [3.05, 3.63) is 66.2 Å². The van der Waals surface area contributed by atoms with E-state index >= 15 is 0 Å². The number of carbonyl (C=O) groups excluding carboxylic acids is 1. The van der Waals surface area contributed by atoms with Crippen molar-refractivity contribution in [2.75, 3.05) is 37.5 Å². The predicted molar refractivity (Wildman–Crippen MR) is 133 cm³/mol. The van der Waals surface area contributed by atoms with Crippen LogP contribution in [0, 0.1) is 0 Å². The van der Waals surface area contributed by atoms with Crippen molar-refractivity contribution in [2.24, 2.45) is 0 Å². The predicted octanol–water partition coefficient (Wildman–Crippen LogP) is 5.35. The smallest absolute Gasteiger partial charge is 0.255 e. The maximum Gasteiger partial charge on any atom is 0.255 e. The zero-order valence-electron chi connectivity index (χ0n) is 19.3.